The summed E-state index contributed by atoms with van der Waals surface area (Å²) in [6, 6.07) is -0.705. The van der Waals surface area contributed by atoms with Crippen LogP contribution in [0.1, 0.15) is 10.4 Å². The molecule has 5 nitrogen and oxygen atoms in total. The number of hydrogen-bond acceptors (Lipinski definition) is 4. The zero-order chi connectivity index (χ0) is 9.84. The Morgan fingerprint density at radius 3 is 2.77 bits per heavy atom. The highest BCUT2D eigenvalue weighted by Gasteiger charge is 2.13. The number of rotatable bonds is 2. The van der Waals surface area contributed by atoms with Gasteiger partial charge >= 0.3 is 12.0 Å². The van der Waals surface area contributed by atoms with Gasteiger partial charge in [0.05, 0.1) is 18.4 Å². The van der Waals surface area contributed by atoms with Crippen LogP contribution in [0.4, 0.5) is 10.5 Å². The Morgan fingerprint density at radius 2 is 2.23 bits per heavy atom. The molecule has 0 saturated carbocycles. The van der Waals surface area contributed by atoms with Gasteiger partial charge in [0.1, 0.15) is 0 Å². The topological polar surface area (TPSA) is 81.4 Å². The fourth-order valence-electron chi connectivity index (χ4n) is 0.795. The van der Waals surface area contributed by atoms with Gasteiger partial charge in [-0.1, -0.05) is 0 Å². The molecule has 0 aliphatic carbocycles. The predicted molar refractivity (Wildman–Crippen MR) is 48.9 cm³/mol. The molecule has 2 amide bonds. The van der Waals surface area contributed by atoms with E-state index in [0.29, 0.717) is 11.3 Å². The van der Waals surface area contributed by atoms with Crippen molar-refractivity contribution in [2.24, 2.45) is 5.73 Å². The molecule has 0 radical (unpaired) electrons. The number of ether oxygens (including phenoxy) is 1. The number of hydrogen-bond donors (Lipinski definition) is 2. The number of methoxy groups -OCH3 is 1. The molecule has 1 aromatic rings. The van der Waals surface area contributed by atoms with Crippen LogP contribution in [0.15, 0.2) is 10.8 Å². The molecule has 0 fully saturated rings. The molecular formula is C7H8N2O3S. The van der Waals surface area contributed by atoms with Gasteiger partial charge in [-0.15, -0.1) is 11.3 Å². The number of esters is 1. The van der Waals surface area contributed by atoms with Gasteiger partial charge in [-0.2, -0.15) is 0 Å². The van der Waals surface area contributed by atoms with Gasteiger partial charge in [0, 0.05) is 10.8 Å². The van der Waals surface area contributed by atoms with Crippen LogP contribution in [0, 0.1) is 0 Å². The molecule has 0 atom stereocenters. The van der Waals surface area contributed by atoms with Crippen molar-refractivity contribution in [3.63, 3.8) is 0 Å². The lowest BCUT2D eigenvalue weighted by atomic mass is 10.3. The Kier molecular flexibility index (Phi) is 2.86. The van der Waals surface area contributed by atoms with Crippen molar-refractivity contribution in [2.45, 2.75) is 0 Å². The number of carbonyl (C=O) groups is 2. The Morgan fingerprint density at radius 1 is 1.54 bits per heavy atom. The van der Waals surface area contributed by atoms with Crippen LogP contribution < -0.4 is 11.1 Å². The second-order valence-electron chi connectivity index (χ2n) is 2.18. The summed E-state index contributed by atoms with van der Waals surface area (Å²) in [7, 11) is 1.27. The van der Waals surface area contributed by atoms with E-state index in [2.05, 4.69) is 10.1 Å². The summed E-state index contributed by atoms with van der Waals surface area (Å²) < 4.78 is 4.49. The number of primary amides is 1. The van der Waals surface area contributed by atoms with Crippen LogP contribution in [-0.2, 0) is 4.74 Å². The van der Waals surface area contributed by atoms with E-state index in [4.69, 9.17) is 5.73 Å². The van der Waals surface area contributed by atoms with Gasteiger partial charge in [0.25, 0.3) is 0 Å². The predicted octanol–water partition coefficient (Wildman–Crippen LogP) is 1.03. The third kappa shape index (κ3) is 2.19. The number of anilines is 1. The second-order valence-corrected chi connectivity index (χ2v) is 2.92. The maximum atomic E-state index is 11.1. The first-order valence-electron chi connectivity index (χ1n) is 3.36. The third-order valence-electron chi connectivity index (χ3n) is 1.33. The van der Waals surface area contributed by atoms with Gasteiger partial charge in [-0.25, -0.2) is 9.59 Å². The molecule has 3 N–H and O–H groups in total. The number of nitrogens with two attached hydrogens (primary N) is 1. The van der Waals surface area contributed by atoms with Crippen LogP contribution in [0.2, 0.25) is 0 Å². The fourth-order valence-corrected chi connectivity index (χ4v) is 1.54. The molecule has 70 valence electrons. The summed E-state index contributed by atoms with van der Waals surface area (Å²) in [6.07, 6.45) is 0. The van der Waals surface area contributed by atoms with Crippen molar-refractivity contribution in [3.05, 3.63) is 16.3 Å². The molecule has 6 heteroatoms. The average molecular weight is 200 g/mol. The molecule has 0 unspecified atom stereocenters. The van der Waals surface area contributed by atoms with E-state index < -0.39 is 12.0 Å². The van der Waals surface area contributed by atoms with E-state index in [0.717, 1.165) is 0 Å². The Balaban J connectivity index is 2.89. The standard InChI is InChI=1S/C7H8N2O3S/c1-12-6(10)4-2-13-3-5(4)9-7(8)11/h2-3H,1H3,(H3,8,9,11). The quantitative estimate of drug-likeness (QED) is 0.699. The van der Waals surface area contributed by atoms with Crippen LogP contribution in [0.3, 0.4) is 0 Å². The minimum Gasteiger partial charge on any atom is -0.465 e. The summed E-state index contributed by atoms with van der Waals surface area (Å²) >= 11 is 1.28. The molecular weight excluding hydrogens is 192 g/mol. The van der Waals surface area contributed by atoms with Gasteiger partial charge < -0.3 is 15.8 Å². The Hall–Kier alpha value is -1.56. The first-order chi connectivity index (χ1) is 6.15. The highest BCUT2D eigenvalue weighted by molar-refractivity contribution is 7.08. The molecule has 0 aliphatic rings. The number of thiophene rings is 1. The fraction of sp³-hybridized carbons (Fsp3) is 0.143. The first-order valence-corrected chi connectivity index (χ1v) is 4.30. The highest BCUT2D eigenvalue weighted by Crippen LogP contribution is 2.21. The largest absolute Gasteiger partial charge is 0.465 e. The van der Waals surface area contributed by atoms with E-state index in [-0.39, 0.29) is 0 Å². The van der Waals surface area contributed by atoms with E-state index in [9.17, 15) is 9.59 Å². The van der Waals surface area contributed by atoms with Crippen LogP contribution in [0.25, 0.3) is 0 Å². The Bertz CT molecular complexity index is 334. The molecule has 0 bridgehead atoms. The summed E-state index contributed by atoms with van der Waals surface area (Å²) in [5, 5.41) is 5.51. The Labute approximate surface area is 78.5 Å². The molecule has 1 rings (SSSR count). The van der Waals surface area contributed by atoms with Crippen molar-refractivity contribution in [1.82, 2.24) is 0 Å². The number of amides is 2. The van der Waals surface area contributed by atoms with Crippen molar-refractivity contribution >= 4 is 29.0 Å². The molecule has 0 aromatic carbocycles. The third-order valence-corrected chi connectivity index (χ3v) is 2.07. The summed E-state index contributed by atoms with van der Waals surface area (Å²) in [5.41, 5.74) is 5.59. The van der Waals surface area contributed by atoms with E-state index >= 15 is 0 Å². The lowest BCUT2D eigenvalue weighted by Crippen LogP contribution is -2.20. The van der Waals surface area contributed by atoms with Crippen LogP contribution in [-0.4, -0.2) is 19.1 Å². The van der Waals surface area contributed by atoms with Gasteiger partial charge in [-0.05, 0) is 0 Å². The van der Waals surface area contributed by atoms with Crippen molar-refractivity contribution in [3.8, 4) is 0 Å². The zero-order valence-electron chi connectivity index (χ0n) is 6.87. The lowest BCUT2D eigenvalue weighted by molar-refractivity contribution is 0.0602. The van der Waals surface area contributed by atoms with Gasteiger partial charge in [0.2, 0.25) is 0 Å². The lowest BCUT2D eigenvalue weighted by Gasteiger charge is -2.01. The van der Waals surface area contributed by atoms with Crippen molar-refractivity contribution < 1.29 is 14.3 Å². The SMILES string of the molecule is COC(=O)c1cscc1NC(N)=O. The maximum Gasteiger partial charge on any atom is 0.340 e. The minimum atomic E-state index is -0.705. The second kappa shape index (κ2) is 3.90. The van der Waals surface area contributed by atoms with E-state index in [1.54, 1.807) is 10.8 Å². The number of nitrogens with one attached hydrogen (secondary N) is 1. The smallest absolute Gasteiger partial charge is 0.340 e. The first kappa shape index (κ1) is 9.53. The van der Waals surface area contributed by atoms with Crippen molar-refractivity contribution in [2.75, 3.05) is 12.4 Å². The molecule has 0 spiro atoms. The van der Waals surface area contributed by atoms with Gasteiger partial charge in [-0.3, -0.25) is 0 Å². The molecule has 1 aromatic heterocycles. The average Bonchev–Trinajstić information content (AvgIpc) is 2.50. The van der Waals surface area contributed by atoms with E-state index in [1.165, 1.54) is 18.4 Å². The highest BCUT2D eigenvalue weighted by atomic mass is 32.1. The van der Waals surface area contributed by atoms with Gasteiger partial charge in [0.15, 0.2) is 0 Å². The number of urea groups is 1. The van der Waals surface area contributed by atoms with Crippen LogP contribution >= 0.6 is 11.3 Å². The molecule has 1 heterocycles. The van der Waals surface area contributed by atoms with Crippen molar-refractivity contribution in [1.29, 1.82) is 0 Å². The summed E-state index contributed by atoms with van der Waals surface area (Å²) in [6.45, 7) is 0. The number of carbonyl (C=O) groups excluding carboxylic acids is 2. The van der Waals surface area contributed by atoms with E-state index in [1.807, 2.05) is 0 Å². The maximum absolute atomic E-state index is 11.1. The summed E-state index contributed by atoms with van der Waals surface area (Å²) in [4.78, 5) is 21.6. The zero-order valence-corrected chi connectivity index (χ0v) is 7.68. The monoisotopic (exact) mass is 200 g/mol. The molecule has 0 aliphatic heterocycles. The molecule has 13 heavy (non-hydrogen) atoms. The normalized spacial score (nSPS) is 9.31. The molecule has 0 saturated heterocycles. The van der Waals surface area contributed by atoms with Crippen LogP contribution in [0.5, 0.6) is 0 Å². The minimum absolute atomic E-state index is 0.311. The summed E-state index contributed by atoms with van der Waals surface area (Å²) in [5.74, 6) is -0.495.